The van der Waals surface area contributed by atoms with Crippen LogP contribution in [-0.2, 0) is 44.7 Å². The van der Waals surface area contributed by atoms with Crippen molar-refractivity contribution in [3.05, 3.63) is 150 Å². The number of rotatable bonds is 22. The minimum Gasteiger partial charge on any atom is -0.448 e. The molecule has 4 aliphatic rings. The van der Waals surface area contributed by atoms with Gasteiger partial charge in [0.1, 0.15) is 50.6 Å². The number of amides is 6. The van der Waals surface area contributed by atoms with Gasteiger partial charge in [-0.1, -0.05) is 127 Å². The predicted molar refractivity (Wildman–Crippen MR) is 334 cm³/mol. The van der Waals surface area contributed by atoms with Gasteiger partial charge in [0.2, 0.25) is 28.8 Å². The van der Waals surface area contributed by atoms with E-state index in [9.17, 15) is 28.8 Å². The van der Waals surface area contributed by atoms with E-state index in [1.807, 2.05) is 103 Å². The second-order valence-corrected chi connectivity index (χ2v) is 23.7. The summed E-state index contributed by atoms with van der Waals surface area (Å²) >= 11 is 1.41. The largest absolute Gasteiger partial charge is 0.448 e. The Morgan fingerprint density at radius 2 is 1.02 bits per heavy atom. The molecule has 5 aromatic carbocycles. The van der Waals surface area contributed by atoms with Crippen LogP contribution in [0.5, 0.6) is 0 Å². The summed E-state index contributed by atoms with van der Waals surface area (Å²) in [5.74, 6) is 9.03. The zero-order valence-electron chi connectivity index (χ0n) is 50.9. The Balaban J connectivity index is 0.751. The highest BCUT2D eigenvalue weighted by Gasteiger charge is 2.40. The minimum absolute atomic E-state index is 0.0619. The summed E-state index contributed by atoms with van der Waals surface area (Å²) in [6, 6.07) is 37.2. The van der Waals surface area contributed by atoms with Crippen LogP contribution in [0.3, 0.4) is 0 Å². The number of likely N-dealkylation sites (N-methyl/N-ethyl adjacent to an activating group) is 2. The lowest BCUT2D eigenvalue weighted by Crippen LogP contribution is -2.58. The Morgan fingerprint density at radius 1 is 0.584 bits per heavy atom. The number of nitrogens with one attached hydrogen (secondary N) is 2. The van der Waals surface area contributed by atoms with Crippen molar-refractivity contribution in [2.24, 2.45) is 0 Å². The van der Waals surface area contributed by atoms with Crippen LogP contribution in [0.4, 0.5) is 9.59 Å². The molecule has 1 aromatic heterocycles. The number of fused-ring (bicyclic) bond motifs is 6. The summed E-state index contributed by atoms with van der Waals surface area (Å²) in [5, 5.41) is 18.8. The van der Waals surface area contributed by atoms with E-state index in [0.29, 0.717) is 44.2 Å². The average molecular weight is 1220 g/mol. The van der Waals surface area contributed by atoms with Crippen LogP contribution in [0.1, 0.15) is 87.5 Å². The van der Waals surface area contributed by atoms with Gasteiger partial charge in [-0.05, 0) is 144 Å². The Labute approximate surface area is 523 Å². The van der Waals surface area contributed by atoms with Gasteiger partial charge in [-0.2, -0.15) is 0 Å². The van der Waals surface area contributed by atoms with E-state index in [1.54, 1.807) is 42.2 Å². The number of hydrogen-bond donors (Lipinski definition) is 2. The lowest BCUT2D eigenvalue weighted by atomic mass is 9.98. The number of ether oxygens (including phenoxy) is 4. The van der Waals surface area contributed by atoms with Crippen molar-refractivity contribution in [1.29, 1.82) is 0 Å². The Morgan fingerprint density at radius 3 is 1.49 bits per heavy atom. The summed E-state index contributed by atoms with van der Waals surface area (Å²) < 4.78 is 25.6. The predicted octanol–water partition coefficient (Wildman–Crippen LogP) is 7.76. The molecule has 89 heavy (non-hydrogen) atoms. The first-order valence-electron chi connectivity index (χ1n) is 30.2. The summed E-state index contributed by atoms with van der Waals surface area (Å²) in [4.78, 5) is 90.9. The number of tetrazole rings is 1. The molecule has 2 fully saturated rings. The molecule has 1 unspecified atom stereocenters. The quantitative estimate of drug-likeness (QED) is 0.0621. The van der Waals surface area contributed by atoms with Crippen LogP contribution in [0.15, 0.2) is 137 Å². The normalized spacial score (nSPS) is 16.7. The second kappa shape index (κ2) is 29.3. The van der Waals surface area contributed by atoms with E-state index in [-0.39, 0.29) is 56.1 Å². The Hall–Kier alpha value is -9.02. The molecule has 6 aromatic rings. The maximum absolute atomic E-state index is 14.8. The van der Waals surface area contributed by atoms with E-state index >= 15 is 0 Å². The van der Waals surface area contributed by atoms with Crippen LogP contribution < -0.4 is 10.6 Å². The molecule has 7 atom stereocenters. The first-order chi connectivity index (χ1) is 43.2. The Bertz CT molecular complexity index is 3580. The lowest BCUT2D eigenvalue weighted by molar-refractivity contribution is -0.142. The molecule has 10 rings (SSSR count). The van der Waals surface area contributed by atoms with Crippen LogP contribution in [0.25, 0.3) is 22.3 Å². The van der Waals surface area contributed by atoms with Gasteiger partial charge in [-0.15, -0.1) is 5.10 Å². The summed E-state index contributed by atoms with van der Waals surface area (Å²) in [7, 11) is 2.98. The molecule has 2 N–H and O–H groups in total. The van der Waals surface area contributed by atoms with Gasteiger partial charge in [0.25, 0.3) is 0 Å². The van der Waals surface area contributed by atoms with Gasteiger partial charge < -0.3 is 39.4 Å². The molecular formula is C68H74N10O10S. The van der Waals surface area contributed by atoms with E-state index in [1.165, 1.54) is 35.7 Å². The molecule has 0 saturated carbocycles. The van der Waals surface area contributed by atoms with Crippen LogP contribution in [-0.4, -0.2) is 178 Å². The van der Waals surface area contributed by atoms with Crippen molar-refractivity contribution >= 4 is 47.6 Å². The molecule has 0 radical (unpaired) electrons. The third kappa shape index (κ3) is 14.6. The topological polar surface area (TPSA) is 220 Å². The van der Waals surface area contributed by atoms with E-state index in [4.69, 9.17) is 18.9 Å². The third-order valence-electron chi connectivity index (χ3n) is 17.2. The molecule has 3 heterocycles. The van der Waals surface area contributed by atoms with E-state index in [0.717, 1.165) is 62.2 Å². The maximum Gasteiger partial charge on any atom is 0.410 e. The number of carbonyl (C=O) groups excluding carboxylic acids is 6. The van der Waals surface area contributed by atoms with Crippen LogP contribution in [0, 0.1) is 23.7 Å². The Kier molecular flexibility index (Phi) is 20.8. The standard InChI is InChI=1S/C68H74N10O10S/c1-44(74(5)67(83)87-42-58-54-32-16-12-28-50(54)51-29-13-17-33-55(51)58)62(79)69-60(64(81)76-36-20-21-37-76)46(3)85-39-22-7-8-23-40-86-47(4)61(65(82)77-38-24-25-48(77)41-78-66(71-72-73-78)89-49-26-10-9-11-27-49)70-63(80)45(2)75(6)68(84)88-43-59-56-34-18-14-30-52(56)53-31-15-19-35-57(53)59/h9-19,26-35,44-48,58-61H,20-21,24-25,36-43H2,1-6H3,(H,69,79)(H,70,80)/t44-,45-,46+,47?,48-,60-,61-/m0/s1. The number of likely N-dealkylation sites (tertiary alicyclic amines) is 2. The average Bonchev–Trinajstić information content (AvgIpc) is 2.45. The number of nitrogens with zero attached hydrogens (tertiary/aromatic N) is 8. The van der Waals surface area contributed by atoms with E-state index < -0.39 is 60.4 Å². The molecule has 2 aliphatic carbocycles. The molecule has 2 aliphatic heterocycles. The van der Waals surface area contributed by atoms with Gasteiger partial charge in [0, 0.05) is 50.5 Å². The number of aromatic nitrogens is 4. The zero-order valence-corrected chi connectivity index (χ0v) is 51.7. The minimum atomic E-state index is -1.20. The fourth-order valence-electron chi connectivity index (χ4n) is 11.9. The summed E-state index contributed by atoms with van der Waals surface area (Å²) in [5.41, 5.74) is 8.62. The monoisotopic (exact) mass is 1220 g/mol. The van der Waals surface area contributed by atoms with Gasteiger partial charge in [-0.25, -0.2) is 14.3 Å². The fraction of sp³-hybridized carbons (Fsp3) is 0.397. The fourth-order valence-corrected chi connectivity index (χ4v) is 12.7. The van der Waals surface area contributed by atoms with E-state index in [2.05, 4.69) is 74.1 Å². The van der Waals surface area contributed by atoms with Crippen molar-refractivity contribution in [3.63, 3.8) is 0 Å². The molecule has 462 valence electrons. The highest BCUT2D eigenvalue weighted by Crippen LogP contribution is 2.46. The van der Waals surface area contributed by atoms with Crippen LogP contribution >= 0.6 is 11.8 Å². The second-order valence-electron chi connectivity index (χ2n) is 22.7. The zero-order chi connectivity index (χ0) is 62.6. The molecule has 2 saturated heterocycles. The SMILES string of the molecule is CC(OCC#CC#CCO[C@H](C)[C@H](NC(=O)[C@H](C)N(C)C(=O)OCC1c2ccccc2-c2ccccc21)C(=O)N1CCCC1)[C@H](NC(=O)[C@H](C)N(C)C(=O)OCC1c2ccccc2-c2ccccc21)C(=O)N1CCC[C@H]1Cn1nnnc1Sc1ccccc1. The van der Waals surface area contributed by atoms with Crippen molar-refractivity contribution in [2.45, 2.75) is 124 Å². The van der Waals surface area contributed by atoms with Crippen molar-refractivity contribution in [3.8, 4) is 45.9 Å². The number of hydrogen-bond acceptors (Lipinski definition) is 14. The lowest BCUT2D eigenvalue weighted by Gasteiger charge is -2.33. The third-order valence-corrected chi connectivity index (χ3v) is 18.2. The summed E-state index contributed by atoms with van der Waals surface area (Å²) in [6.45, 7) is 8.14. The molecule has 0 spiro atoms. The van der Waals surface area contributed by atoms with Gasteiger partial charge in [0.15, 0.2) is 0 Å². The first kappa shape index (κ1) is 63.0. The molecule has 21 heteroatoms. The highest BCUT2D eigenvalue weighted by molar-refractivity contribution is 7.99. The number of benzene rings is 5. The number of carbonyl (C=O) groups is 6. The molecular weight excluding hydrogens is 1150 g/mol. The van der Waals surface area contributed by atoms with Crippen molar-refractivity contribution in [1.82, 2.24) is 50.4 Å². The van der Waals surface area contributed by atoms with Gasteiger partial charge in [-0.3, -0.25) is 29.0 Å². The maximum atomic E-state index is 14.8. The molecule has 20 nitrogen and oxygen atoms in total. The molecule has 6 amide bonds. The van der Waals surface area contributed by atoms with Crippen LogP contribution in [0.2, 0.25) is 0 Å². The summed E-state index contributed by atoms with van der Waals surface area (Å²) in [6.07, 6.45) is -0.0786. The highest BCUT2D eigenvalue weighted by atomic mass is 32.2. The van der Waals surface area contributed by atoms with Gasteiger partial charge in [0.05, 0.1) is 24.8 Å². The van der Waals surface area contributed by atoms with Gasteiger partial charge >= 0.3 is 12.2 Å². The van der Waals surface area contributed by atoms with Crippen molar-refractivity contribution < 1.29 is 47.7 Å². The first-order valence-corrected chi connectivity index (χ1v) is 31.0. The molecule has 0 bridgehead atoms. The van der Waals surface area contributed by atoms with Crippen molar-refractivity contribution in [2.75, 3.05) is 60.2 Å². The smallest absolute Gasteiger partial charge is 0.410 e.